The van der Waals surface area contributed by atoms with E-state index < -0.39 is 0 Å². The number of aromatic amines is 1. The van der Waals surface area contributed by atoms with Crippen LogP contribution in [-0.4, -0.2) is 32.3 Å². The number of ether oxygens (including phenoxy) is 1. The second-order valence-corrected chi connectivity index (χ2v) is 7.82. The molecule has 0 aliphatic heterocycles. The van der Waals surface area contributed by atoms with Crippen molar-refractivity contribution in [3.8, 4) is 5.88 Å². The van der Waals surface area contributed by atoms with E-state index in [1.165, 1.54) is 16.9 Å². The van der Waals surface area contributed by atoms with E-state index in [-0.39, 0.29) is 0 Å². The van der Waals surface area contributed by atoms with Gasteiger partial charge in [-0.15, -0.1) is 11.3 Å². The molecular formula is C18H18N6OS. The first-order chi connectivity index (χ1) is 12.7. The van der Waals surface area contributed by atoms with Gasteiger partial charge >= 0.3 is 0 Å². The lowest BCUT2D eigenvalue weighted by molar-refractivity contribution is 0.401. The third-order valence-corrected chi connectivity index (χ3v) is 6.09. The molecule has 0 amide bonds. The van der Waals surface area contributed by atoms with Gasteiger partial charge in [-0.05, 0) is 36.8 Å². The molecule has 0 saturated heterocycles. The van der Waals surface area contributed by atoms with Gasteiger partial charge in [0.1, 0.15) is 22.7 Å². The van der Waals surface area contributed by atoms with Crippen LogP contribution in [0, 0.1) is 5.92 Å². The summed E-state index contributed by atoms with van der Waals surface area (Å²) in [6.07, 6.45) is 6.78. The summed E-state index contributed by atoms with van der Waals surface area (Å²) in [4.78, 5) is 16.0. The Bertz CT molecular complexity index is 1120. The van der Waals surface area contributed by atoms with Gasteiger partial charge in [0.25, 0.3) is 0 Å². The van der Waals surface area contributed by atoms with Crippen LogP contribution in [0.25, 0.3) is 21.3 Å². The van der Waals surface area contributed by atoms with Gasteiger partial charge in [0, 0.05) is 10.3 Å². The van der Waals surface area contributed by atoms with Crippen molar-refractivity contribution in [2.45, 2.75) is 26.2 Å². The van der Waals surface area contributed by atoms with Crippen LogP contribution in [0.3, 0.4) is 0 Å². The maximum Gasteiger partial charge on any atom is 0.239 e. The number of H-pyrrole nitrogens is 1. The number of fused-ring (bicyclic) bond motifs is 4. The molecule has 0 radical (unpaired) electrons. The Balaban J connectivity index is 1.64. The highest BCUT2D eigenvalue weighted by Gasteiger charge is 2.23. The molecule has 5 rings (SSSR count). The number of anilines is 2. The summed E-state index contributed by atoms with van der Waals surface area (Å²) in [7, 11) is 1.61. The summed E-state index contributed by atoms with van der Waals surface area (Å²) in [5, 5.41) is 12.4. The maximum absolute atomic E-state index is 5.45. The Morgan fingerprint density at radius 3 is 3.15 bits per heavy atom. The number of hydrogen-bond acceptors (Lipinski definition) is 7. The van der Waals surface area contributed by atoms with Gasteiger partial charge in [0.05, 0.1) is 18.7 Å². The summed E-state index contributed by atoms with van der Waals surface area (Å²) in [5.74, 6) is 2.05. The number of methoxy groups -OCH3 is 1. The number of thiophene rings is 1. The molecule has 2 N–H and O–H groups in total. The zero-order valence-electron chi connectivity index (χ0n) is 14.5. The molecule has 0 saturated carbocycles. The van der Waals surface area contributed by atoms with Crippen molar-refractivity contribution < 1.29 is 4.74 Å². The smallest absolute Gasteiger partial charge is 0.239 e. The fourth-order valence-corrected chi connectivity index (χ4v) is 4.96. The molecule has 8 heteroatoms. The maximum atomic E-state index is 5.45. The minimum Gasteiger partial charge on any atom is -0.479 e. The Morgan fingerprint density at radius 2 is 2.27 bits per heavy atom. The van der Waals surface area contributed by atoms with Crippen molar-refractivity contribution >= 4 is 44.1 Å². The van der Waals surface area contributed by atoms with Gasteiger partial charge in [0.2, 0.25) is 5.88 Å². The van der Waals surface area contributed by atoms with Gasteiger partial charge in [0.15, 0.2) is 5.65 Å². The van der Waals surface area contributed by atoms with E-state index >= 15 is 0 Å². The number of nitrogens with zero attached hydrogens (tertiary/aromatic N) is 4. The number of rotatable bonds is 3. The van der Waals surface area contributed by atoms with E-state index in [4.69, 9.17) is 4.74 Å². The molecule has 0 bridgehead atoms. The topological polar surface area (TPSA) is 88.6 Å². The molecule has 1 atom stereocenters. The van der Waals surface area contributed by atoms with Gasteiger partial charge in [-0.25, -0.2) is 9.97 Å². The van der Waals surface area contributed by atoms with E-state index in [0.29, 0.717) is 11.5 Å². The molecule has 4 aromatic heterocycles. The SMILES string of the molecule is COc1nc2[nH]ncc2cc1Nc1ncnc2sc3c(c12)CC[C@H](C)C3. The van der Waals surface area contributed by atoms with Gasteiger partial charge in [-0.2, -0.15) is 10.1 Å². The van der Waals surface area contributed by atoms with Crippen LogP contribution in [-0.2, 0) is 12.8 Å². The second kappa shape index (κ2) is 5.91. The number of hydrogen-bond donors (Lipinski definition) is 2. The highest BCUT2D eigenvalue weighted by atomic mass is 32.1. The van der Waals surface area contributed by atoms with Crippen molar-refractivity contribution in [3.05, 3.63) is 29.0 Å². The fourth-order valence-electron chi connectivity index (χ4n) is 3.61. The van der Waals surface area contributed by atoms with Gasteiger partial charge < -0.3 is 10.1 Å². The lowest BCUT2D eigenvalue weighted by Gasteiger charge is -2.18. The Hall–Kier alpha value is -2.74. The van der Waals surface area contributed by atoms with Crippen LogP contribution in [0.2, 0.25) is 0 Å². The van der Waals surface area contributed by atoms with Crippen molar-refractivity contribution in [1.29, 1.82) is 0 Å². The van der Waals surface area contributed by atoms with Crippen molar-refractivity contribution in [2.75, 3.05) is 12.4 Å². The Morgan fingerprint density at radius 1 is 1.35 bits per heavy atom. The number of aryl methyl sites for hydroxylation is 1. The van der Waals surface area contributed by atoms with Crippen LogP contribution >= 0.6 is 11.3 Å². The summed E-state index contributed by atoms with van der Waals surface area (Å²) in [6.45, 7) is 2.31. The molecule has 132 valence electrons. The predicted molar refractivity (Wildman–Crippen MR) is 102 cm³/mol. The van der Waals surface area contributed by atoms with Crippen LogP contribution < -0.4 is 10.1 Å². The van der Waals surface area contributed by atoms with Crippen LogP contribution in [0.5, 0.6) is 5.88 Å². The minimum absolute atomic E-state index is 0.506. The number of nitrogens with one attached hydrogen (secondary N) is 2. The number of pyridine rings is 1. The third kappa shape index (κ3) is 2.40. The molecule has 7 nitrogen and oxygen atoms in total. The molecule has 0 spiro atoms. The predicted octanol–water partition coefficient (Wildman–Crippen LogP) is 3.84. The van der Waals surface area contributed by atoms with E-state index in [1.807, 2.05) is 6.07 Å². The summed E-state index contributed by atoms with van der Waals surface area (Å²) >= 11 is 1.79. The highest BCUT2D eigenvalue weighted by Crippen LogP contribution is 2.41. The first kappa shape index (κ1) is 15.5. The van der Waals surface area contributed by atoms with Crippen molar-refractivity contribution in [3.63, 3.8) is 0 Å². The van der Waals surface area contributed by atoms with Crippen LogP contribution in [0.15, 0.2) is 18.6 Å². The van der Waals surface area contributed by atoms with E-state index in [2.05, 4.69) is 37.4 Å². The minimum atomic E-state index is 0.506. The Kier molecular flexibility index (Phi) is 3.53. The van der Waals surface area contributed by atoms with Crippen LogP contribution in [0.1, 0.15) is 23.8 Å². The molecule has 1 aliphatic rings. The highest BCUT2D eigenvalue weighted by molar-refractivity contribution is 7.19. The average molecular weight is 366 g/mol. The third-order valence-electron chi connectivity index (χ3n) is 4.93. The molecule has 0 unspecified atom stereocenters. The molecule has 4 aromatic rings. The molecule has 1 aliphatic carbocycles. The molecule has 4 heterocycles. The average Bonchev–Trinajstić information content (AvgIpc) is 3.24. The first-order valence-corrected chi connectivity index (χ1v) is 9.45. The van der Waals surface area contributed by atoms with E-state index in [1.54, 1.807) is 31.0 Å². The largest absolute Gasteiger partial charge is 0.479 e. The summed E-state index contributed by atoms with van der Waals surface area (Å²) < 4.78 is 5.45. The standard InChI is InChI=1S/C18H18N6OS/c1-9-3-4-11-13(5-9)26-18-14(11)16(19-8-20-18)22-12-6-10-7-21-24-15(10)23-17(12)25-2/h6-9H,3-5H2,1-2H3,(H,19,20,22)(H,21,23,24)/t9-/m0/s1. The summed E-state index contributed by atoms with van der Waals surface area (Å²) in [5.41, 5.74) is 2.86. The van der Waals surface area contributed by atoms with E-state index in [0.717, 1.165) is 45.9 Å². The first-order valence-electron chi connectivity index (χ1n) is 8.63. The second-order valence-electron chi connectivity index (χ2n) is 6.73. The zero-order chi connectivity index (χ0) is 17.7. The zero-order valence-corrected chi connectivity index (χ0v) is 15.4. The van der Waals surface area contributed by atoms with Crippen LogP contribution in [0.4, 0.5) is 11.5 Å². The molecule has 0 fully saturated rings. The van der Waals surface area contributed by atoms with Crippen molar-refractivity contribution in [2.24, 2.45) is 5.92 Å². The van der Waals surface area contributed by atoms with E-state index in [9.17, 15) is 0 Å². The van der Waals surface area contributed by atoms with Gasteiger partial charge in [-0.3, -0.25) is 5.10 Å². The fraction of sp³-hybridized carbons (Fsp3) is 0.333. The lowest BCUT2D eigenvalue weighted by atomic mass is 9.89. The molecular weight excluding hydrogens is 348 g/mol. The van der Waals surface area contributed by atoms with Crippen molar-refractivity contribution in [1.82, 2.24) is 25.1 Å². The molecule has 26 heavy (non-hydrogen) atoms. The normalized spacial score (nSPS) is 16.8. The monoisotopic (exact) mass is 366 g/mol. The van der Waals surface area contributed by atoms with Gasteiger partial charge in [-0.1, -0.05) is 6.92 Å². The Labute approximate surface area is 153 Å². The number of aromatic nitrogens is 5. The quantitative estimate of drug-likeness (QED) is 0.573. The lowest BCUT2D eigenvalue weighted by Crippen LogP contribution is -2.09. The molecule has 0 aromatic carbocycles. The summed E-state index contributed by atoms with van der Waals surface area (Å²) in [6, 6.07) is 1.97.